The minimum atomic E-state index is -0.562. The van der Waals surface area contributed by atoms with Crippen LogP contribution >= 0.6 is 11.6 Å². The maximum atomic E-state index is 12.9. The number of rotatable bonds is 8. The van der Waals surface area contributed by atoms with E-state index in [2.05, 4.69) is 10.6 Å². The molecule has 0 fully saturated rings. The van der Waals surface area contributed by atoms with E-state index in [-0.39, 0.29) is 19.0 Å². The lowest BCUT2D eigenvalue weighted by atomic mass is 9.93. The molecule has 0 radical (unpaired) electrons. The monoisotopic (exact) mass is 486 g/mol. The number of hydrogen-bond acceptors (Lipinski definition) is 6. The van der Waals surface area contributed by atoms with Crippen molar-refractivity contribution >= 4 is 40.9 Å². The van der Waals surface area contributed by atoms with Gasteiger partial charge in [0.05, 0.1) is 36.2 Å². The van der Waals surface area contributed by atoms with E-state index in [1.165, 1.54) is 14.2 Å². The van der Waals surface area contributed by atoms with Crippen LogP contribution in [0.1, 0.15) is 46.8 Å². The Bertz CT molecular complexity index is 1160. The maximum absolute atomic E-state index is 12.9. The number of carbonyl (C=O) groups is 3. The van der Waals surface area contributed by atoms with Crippen molar-refractivity contribution in [2.24, 2.45) is 0 Å². The number of fused-ring (bicyclic) bond motifs is 1. The molecule has 0 bridgehead atoms. The van der Waals surface area contributed by atoms with Gasteiger partial charge in [-0.1, -0.05) is 35.4 Å². The summed E-state index contributed by atoms with van der Waals surface area (Å²) in [6.45, 7) is 3.86. The lowest BCUT2D eigenvalue weighted by Crippen LogP contribution is -2.22. The van der Waals surface area contributed by atoms with Crippen molar-refractivity contribution in [3.8, 4) is 5.75 Å². The number of anilines is 2. The first kappa shape index (κ1) is 25.1. The Kier molecular flexibility index (Phi) is 8.17. The molecule has 34 heavy (non-hydrogen) atoms. The summed E-state index contributed by atoms with van der Waals surface area (Å²) in [5.41, 5.74) is 4.09. The number of allylic oxidation sites excluding steroid dienone is 2. The fraction of sp³-hybridized carbons (Fsp3) is 0.320. The van der Waals surface area contributed by atoms with Crippen LogP contribution in [0.15, 0.2) is 35.9 Å². The van der Waals surface area contributed by atoms with Crippen LogP contribution in [-0.2, 0) is 27.3 Å². The molecule has 0 spiro atoms. The molecule has 2 aromatic carbocycles. The van der Waals surface area contributed by atoms with E-state index >= 15 is 0 Å². The van der Waals surface area contributed by atoms with Gasteiger partial charge in [-0.2, -0.15) is 0 Å². The van der Waals surface area contributed by atoms with Gasteiger partial charge in [-0.3, -0.25) is 4.79 Å². The summed E-state index contributed by atoms with van der Waals surface area (Å²) in [7, 11) is 2.89. The standard InChI is InChI=1S/C25H27ClN2O6/c1-14(10-12-20(29)32-3)9-11-16-22(28-25(31)27-19-8-6-5-7-18(19)26)21-17(13-34-24(21)30)15(2)23(16)33-4/h5-9H,10-13H2,1-4H3,(H2,27,28,31)/b14-9+. The number of benzene rings is 2. The molecule has 1 aliphatic heterocycles. The number of cyclic esters (lactones) is 1. The number of para-hydroxylation sites is 1. The lowest BCUT2D eigenvalue weighted by molar-refractivity contribution is -0.140. The van der Waals surface area contributed by atoms with Crippen LogP contribution in [-0.4, -0.2) is 32.2 Å². The van der Waals surface area contributed by atoms with Crippen LogP contribution in [0.4, 0.5) is 16.2 Å². The third-order valence-electron chi connectivity index (χ3n) is 5.64. The predicted octanol–water partition coefficient (Wildman–Crippen LogP) is 5.41. The number of ether oxygens (including phenoxy) is 3. The fourth-order valence-electron chi connectivity index (χ4n) is 3.80. The summed E-state index contributed by atoms with van der Waals surface area (Å²) < 4.78 is 15.6. The van der Waals surface area contributed by atoms with E-state index in [1.807, 2.05) is 19.9 Å². The van der Waals surface area contributed by atoms with Gasteiger partial charge in [-0.25, -0.2) is 9.59 Å². The minimum Gasteiger partial charge on any atom is -0.496 e. The van der Waals surface area contributed by atoms with Crippen molar-refractivity contribution < 1.29 is 28.6 Å². The highest BCUT2D eigenvalue weighted by Crippen LogP contribution is 2.41. The maximum Gasteiger partial charge on any atom is 0.341 e. The highest BCUT2D eigenvalue weighted by Gasteiger charge is 2.32. The van der Waals surface area contributed by atoms with Gasteiger partial charge in [0.25, 0.3) is 0 Å². The van der Waals surface area contributed by atoms with Crippen LogP contribution in [0, 0.1) is 6.92 Å². The lowest BCUT2D eigenvalue weighted by Gasteiger charge is -2.20. The number of urea groups is 1. The van der Waals surface area contributed by atoms with Gasteiger partial charge in [0.2, 0.25) is 0 Å². The average Bonchev–Trinajstić information content (AvgIpc) is 3.21. The van der Waals surface area contributed by atoms with Crippen LogP contribution < -0.4 is 15.4 Å². The van der Waals surface area contributed by atoms with Gasteiger partial charge in [0.15, 0.2) is 0 Å². The zero-order valence-corrected chi connectivity index (χ0v) is 20.3. The van der Waals surface area contributed by atoms with E-state index in [9.17, 15) is 14.4 Å². The van der Waals surface area contributed by atoms with Gasteiger partial charge in [-0.15, -0.1) is 0 Å². The number of hydrogen-bond donors (Lipinski definition) is 2. The molecule has 0 saturated heterocycles. The summed E-state index contributed by atoms with van der Waals surface area (Å²) >= 11 is 6.16. The molecule has 0 atom stereocenters. The number of methoxy groups -OCH3 is 2. The summed E-state index contributed by atoms with van der Waals surface area (Å²) in [4.78, 5) is 37.0. The van der Waals surface area contributed by atoms with Gasteiger partial charge in [-0.05, 0) is 44.4 Å². The molecule has 2 N–H and O–H groups in total. The molecule has 3 rings (SSSR count). The summed E-state index contributed by atoms with van der Waals surface area (Å²) in [6, 6.07) is 6.28. The first-order chi connectivity index (χ1) is 16.3. The SMILES string of the molecule is COC(=O)CC/C(C)=C/Cc1c(NC(=O)Nc2ccccc2Cl)c2c(c(C)c1OC)COC2=O. The van der Waals surface area contributed by atoms with E-state index in [0.29, 0.717) is 51.7 Å². The third kappa shape index (κ3) is 5.51. The molecule has 2 amide bonds. The van der Waals surface area contributed by atoms with Crippen molar-refractivity contribution in [2.45, 2.75) is 39.7 Å². The Labute approximate surface area is 203 Å². The largest absolute Gasteiger partial charge is 0.496 e. The molecule has 1 heterocycles. The quantitative estimate of drug-likeness (QED) is 0.382. The topological polar surface area (TPSA) is 103 Å². The molecule has 2 aromatic rings. The number of carbonyl (C=O) groups excluding carboxylic acids is 3. The summed E-state index contributed by atoms with van der Waals surface area (Å²) in [5, 5.41) is 5.90. The normalized spacial score (nSPS) is 12.6. The van der Waals surface area contributed by atoms with E-state index in [1.54, 1.807) is 24.3 Å². The molecule has 0 aromatic heterocycles. The smallest absolute Gasteiger partial charge is 0.341 e. The minimum absolute atomic E-state index is 0.103. The highest BCUT2D eigenvalue weighted by molar-refractivity contribution is 6.33. The van der Waals surface area contributed by atoms with Gasteiger partial charge < -0.3 is 24.8 Å². The van der Waals surface area contributed by atoms with Gasteiger partial charge in [0, 0.05) is 17.5 Å². The first-order valence-electron chi connectivity index (χ1n) is 10.7. The zero-order valence-electron chi connectivity index (χ0n) is 19.5. The predicted molar refractivity (Wildman–Crippen MR) is 130 cm³/mol. The van der Waals surface area contributed by atoms with Crippen LogP contribution in [0.5, 0.6) is 5.75 Å². The third-order valence-corrected chi connectivity index (χ3v) is 5.97. The average molecular weight is 487 g/mol. The summed E-state index contributed by atoms with van der Waals surface area (Å²) in [5.74, 6) is -0.247. The highest BCUT2D eigenvalue weighted by atomic mass is 35.5. The van der Waals surface area contributed by atoms with E-state index in [4.69, 9.17) is 25.8 Å². The second-order valence-corrected chi connectivity index (χ2v) is 8.24. The van der Waals surface area contributed by atoms with Crippen LogP contribution in [0.3, 0.4) is 0 Å². The molecular weight excluding hydrogens is 460 g/mol. The first-order valence-corrected chi connectivity index (χ1v) is 11.1. The Morgan fingerprint density at radius 2 is 1.91 bits per heavy atom. The fourth-order valence-corrected chi connectivity index (χ4v) is 3.98. The van der Waals surface area contributed by atoms with E-state index < -0.39 is 12.0 Å². The van der Waals surface area contributed by atoms with Crippen molar-refractivity contribution in [1.29, 1.82) is 0 Å². The Morgan fingerprint density at radius 1 is 1.18 bits per heavy atom. The molecule has 9 heteroatoms. The number of halogens is 1. The van der Waals surface area contributed by atoms with Gasteiger partial charge >= 0.3 is 18.0 Å². The second kappa shape index (κ2) is 11.1. The second-order valence-electron chi connectivity index (χ2n) is 7.83. The number of amides is 2. The van der Waals surface area contributed by atoms with Crippen LogP contribution in [0.2, 0.25) is 5.02 Å². The summed E-state index contributed by atoms with van der Waals surface area (Å²) in [6.07, 6.45) is 3.08. The van der Waals surface area contributed by atoms with E-state index in [0.717, 1.165) is 11.1 Å². The molecular formula is C25H27ClN2O6. The van der Waals surface area contributed by atoms with Crippen molar-refractivity contribution in [3.05, 3.63) is 63.2 Å². The Hall–Kier alpha value is -3.52. The molecule has 1 aliphatic rings. The molecule has 180 valence electrons. The molecule has 0 saturated carbocycles. The number of esters is 2. The zero-order chi connectivity index (χ0) is 24.8. The van der Waals surface area contributed by atoms with Crippen molar-refractivity contribution in [1.82, 2.24) is 0 Å². The molecule has 0 unspecified atom stereocenters. The van der Waals surface area contributed by atoms with Crippen molar-refractivity contribution in [2.75, 3.05) is 24.9 Å². The molecule has 8 nitrogen and oxygen atoms in total. The van der Waals surface area contributed by atoms with Crippen LogP contribution in [0.25, 0.3) is 0 Å². The Morgan fingerprint density at radius 3 is 2.59 bits per heavy atom. The Balaban J connectivity index is 1.98. The van der Waals surface area contributed by atoms with Gasteiger partial charge in [0.1, 0.15) is 12.4 Å². The molecule has 0 aliphatic carbocycles. The number of nitrogens with one attached hydrogen (secondary N) is 2. The van der Waals surface area contributed by atoms with Crippen molar-refractivity contribution in [3.63, 3.8) is 0 Å².